The van der Waals surface area contributed by atoms with Crippen molar-refractivity contribution in [1.29, 1.82) is 0 Å². The van der Waals surface area contributed by atoms with Gasteiger partial charge in [0.25, 0.3) is 11.8 Å². The van der Waals surface area contributed by atoms with Crippen molar-refractivity contribution in [3.8, 4) is 11.8 Å². The average molecular weight is 482 g/mol. The summed E-state index contributed by atoms with van der Waals surface area (Å²) in [5.74, 6) is 0.578. The number of nitrogens with zero attached hydrogens (tertiary/aromatic N) is 4. The first-order valence-electron chi connectivity index (χ1n) is 11.7. The van der Waals surface area contributed by atoms with Gasteiger partial charge in [0, 0.05) is 30.7 Å². The lowest BCUT2D eigenvalue weighted by atomic mass is 9.91. The number of halogens is 1. The number of amides is 1. The average Bonchev–Trinajstić information content (AvgIpc) is 2.87. The van der Waals surface area contributed by atoms with Gasteiger partial charge in [0.2, 0.25) is 5.88 Å². The number of nitrogens with one attached hydrogen (secondary N) is 3. The van der Waals surface area contributed by atoms with Crippen molar-refractivity contribution in [1.82, 2.24) is 30.6 Å². The summed E-state index contributed by atoms with van der Waals surface area (Å²) >= 11 is 0. The van der Waals surface area contributed by atoms with Gasteiger partial charge in [0.05, 0.1) is 30.2 Å². The van der Waals surface area contributed by atoms with Crippen molar-refractivity contribution in [2.45, 2.75) is 57.8 Å². The fourth-order valence-electron chi connectivity index (χ4n) is 4.53. The molecule has 5 rings (SSSR count). The van der Waals surface area contributed by atoms with Gasteiger partial charge in [0.1, 0.15) is 11.3 Å². The van der Waals surface area contributed by atoms with E-state index in [2.05, 4.69) is 35.9 Å². The van der Waals surface area contributed by atoms with Crippen LogP contribution in [0.4, 0.5) is 10.2 Å². The molecule has 0 unspecified atom stereocenters. The molecule has 1 saturated carbocycles. The lowest BCUT2D eigenvalue weighted by molar-refractivity contribution is -0.118. The number of hydrogen-bond donors (Lipinski definition) is 3. The summed E-state index contributed by atoms with van der Waals surface area (Å²) in [6, 6.07) is 3.71. The van der Waals surface area contributed by atoms with Gasteiger partial charge in [-0.1, -0.05) is 0 Å². The largest absolute Gasteiger partial charge is 0.480 e. The molecule has 1 aromatic carbocycles. The first kappa shape index (κ1) is 23.3. The van der Waals surface area contributed by atoms with Gasteiger partial charge in [-0.05, 0) is 44.7 Å². The number of aryl methyl sites for hydroxylation is 1. The number of carbonyl (C=O) groups is 1. The maximum atomic E-state index is 14.6. The molecule has 2 aliphatic rings. The summed E-state index contributed by atoms with van der Waals surface area (Å²) in [5.41, 5.74) is 3.24. The van der Waals surface area contributed by atoms with Crippen LogP contribution in [0.5, 0.6) is 11.8 Å². The number of ether oxygens (including phenoxy) is 2. The van der Waals surface area contributed by atoms with E-state index in [1.165, 1.54) is 19.4 Å². The number of rotatable bonds is 7. The first-order valence-corrected chi connectivity index (χ1v) is 11.7. The van der Waals surface area contributed by atoms with Crippen LogP contribution in [0, 0.1) is 12.7 Å². The molecule has 184 valence electrons. The molecule has 0 radical (unpaired) electrons. The van der Waals surface area contributed by atoms with E-state index < -0.39 is 0 Å². The molecule has 1 amide bonds. The molecule has 1 fully saturated rings. The number of fused-ring (bicyclic) bond motifs is 2. The van der Waals surface area contributed by atoms with Crippen molar-refractivity contribution in [2.24, 2.45) is 0 Å². The maximum Gasteiger partial charge on any atom is 0.263 e. The molecule has 35 heavy (non-hydrogen) atoms. The van der Waals surface area contributed by atoms with E-state index in [-0.39, 0.29) is 18.3 Å². The van der Waals surface area contributed by atoms with Crippen molar-refractivity contribution in [3.63, 3.8) is 0 Å². The van der Waals surface area contributed by atoms with Gasteiger partial charge in [-0.25, -0.2) is 24.3 Å². The molecule has 0 saturated heterocycles. The number of anilines is 1. The molecular formula is C24H28FN7O3. The first-order chi connectivity index (χ1) is 17.0. The Hall–Kier alpha value is -3.44. The number of hydrogen-bond acceptors (Lipinski definition) is 9. The van der Waals surface area contributed by atoms with Crippen LogP contribution in [-0.4, -0.2) is 51.6 Å². The summed E-state index contributed by atoms with van der Waals surface area (Å²) in [4.78, 5) is 29.2. The summed E-state index contributed by atoms with van der Waals surface area (Å²) < 4.78 is 25.1. The van der Waals surface area contributed by atoms with E-state index in [0.717, 1.165) is 37.1 Å². The second kappa shape index (κ2) is 10.0. The monoisotopic (exact) mass is 481 g/mol. The fourth-order valence-corrected chi connectivity index (χ4v) is 4.53. The Bertz CT molecular complexity index is 1250. The highest BCUT2D eigenvalue weighted by Gasteiger charge is 2.24. The molecule has 0 bridgehead atoms. The molecule has 11 heteroatoms. The van der Waals surface area contributed by atoms with Crippen molar-refractivity contribution in [2.75, 3.05) is 19.0 Å². The molecule has 2 aromatic heterocycles. The second-order valence-corrected chi connectivity index (χ2v) is 8.86. The van der Waals surface area contributed by atoms with Gasteiger partial charge in [-0.3, -0.25) is 4.79 Å². The SMILES string of the molecule is COc1cnc2ccc(F)c(CNC3CCC(NCc4nc5c(nc4C)OCC(=O)N5)CC3)c2n1. The maximum absolute atomic E-state index is 14.6. The highest BCUT2D eigenvalue weighted by atomic mass is 19.1. The summed E-state index contributed by atoms with van der Waals surface area (Å²) in [7, 11) is 1.52. The zero-order chi connectivity index (χ0) is 24.4. The minimum absolute atomic E-state index is 0.0370. The Morgan fingerprint density at radius 1 is 1.11 bits per heavy atom. The molecule has 1 aliphatic carbocycles. The van der Waals surface area contributed by atoms with Crippen LogP contribution in [0.1, 0.15) is 42.6 Å². The minimum atomic E-state index is -0.300. The molecule has 0 spiro atoms. The Morgan fingerprint density at radius 3 is 2.60 bits per heavy atom. The number of methoxy groups -OCH3 is 1. The minimum Gasteiger partial charge on any atom is -0.480 e. The van der Waals surface area contributed by atoms with E-state index >= 15 is 0 Å². The van der Waals surface area contributed by atoms with Crippen LogP contribution in [0.25, 0.3) is 11.0 Å². The van der Waals surface area contributed by atoms with E-state index in [9.17, 15) is 9.18 Å². The second-order valence-electron chi connectivity index (χ2n) is 8.86. The van der Waals surface area contributed by atoms with Crippen LogP contribution in [0.2, 0.25) is 0 Å². The Labute approximate surface area is 202 Å². The van der Waals surface area contributed by atoms with Gasteiger partial charge >= 0.3 is 0 Å². The topological polar surface area (TPSA) is 123 Å². The third-order valence-corrected chi connectivity index (χ3v) is 6.54. The number of carbonyl (C=O) groups excluding carboxylic acids is 1. The fraction of sp³-hybridized carbons (Fsp3) is 0.458. The van der Waals surface area contributed by atoms with E-state index in [4.69, 9.17) is 9.47 Å². The third-order valence-electron chi connectivity index (χ3n) is 6.54. The van der Waals surface area contributed by atoms with Gasteiger partial charge in [-0.2, -0.15) is 0 Å². The molecule has 0 atom stereocenters. The van der Waals surface area contributed by atoms with Crippen LogP contribution in [0.3, 0.4) is 0 Å². The zero-order valence-corrected chi connectivity index (χ0v) is 19.7. The number of benzene rings is 1. The van der Waals surface area contributed by atoms with Gasteiger partial charge in [0.15, 0.2) is 12.4 Å². The quantitative estimate of drug-likeness (QED) is 0.467. The van der Waals surface area contributed by atoms with Crippen molar-refractivity contribution < 1.29 is 18.7 Å². The summed E-state index contributed by atoms with van der Waals surface area (Å²) in [6.07, 6.45) is 5.45. The lowest BCUT2D eigenvalue weighted by Gasteiger charge is -2.30. The standard InChI is InChI=1S/C24H28FN7O3/c1-13-19(30-23-24(29-13)35-12-20(33)31-23)10-27-15-5-3-14(4-6-15)26-9-16-17(25)7-8-18-22(16)32-21(34-2)11-28-18/h7-8,11,14-15,26-27H,3-6,9-10,12H2,1-2H3,(H,30,31,33). The van der Waals surface area contributed by atoms with Crippen LogP contribution >= 0.6 is 0 Å². The van der Waals surface area contributed by atoms with Crippen LogP contribution < -0.4 is 25.4 Å². The predicted molar refractivity (Wildman–Crippen MR) is 127 cm³/mol. The van der Waals surface area contributed by atoms with Gasteiger partial charge < -0.3 is 25.4 Å². The smallest absolute Gasteiger partial charge is 0.263 e. The molecule has 3 aromatic rings. The van der Waals surface area contributed by atoms with E-state index in [1.54, 1.807) is 6.07 Å². The molecule has 3 heterocycles. The predicted octanol–water partition coefficient (Wildman–Crippen LogP) is 2.40. The van der Waals surface area contributed by atoms with Crippen LogP contribution in [-0.2, 0) is 17.9 Å². The Morgan fingerprint density at radius 2 is 1.86 bits per heavy atom. The molecule has 10 nitrogen and oxygen atoms in total. The molecule has 1 aliphatic heterocycles. The normalized spacial score (nSPS) is 19.7. The lowest BCUT2D eigenvalue weighted by Crippen LogP contribution is -2.39. The Balaban J connectivity index is 1.15. The molecular weight excluding hydrogens is 453 g/mol. The Kier molecular flexibility index (Phi) is 6.69. The summed E-state index contributed by atoms with van der Waals surface area (Å²) in [6.45, 7) is 2.79. The van der Waals surface area contributed by atoms with E-state index in [0.29, 0.717) is 59.3 Å². The molecule has 3 N–H and O–H groups in total. The van der Waals surface area contributed by atoms with Crippen molar-refractivity contribution >= 4 is 22.8 Å². The van der Waals surface area contributed by atoms with E-state index in [1.807, 2.05) is 6.92 Å². The van der Waals surface area contributed by atoms with Crippen molar-refractivity contribution in [3.05, 3.63) is 41.1 Å². The highest BCUT2D eigenvalue weighted by Crippen LogP contribution is 2.26. The van der Waals surface area contributed by atoms with Crippen LogP contribution in [0.15, 0.2) is 18.3 Å². The highest BCUT2D eigenvalue weighted by molar-refractivity contribution is 5.93. The van der Waals surface area contributed by atoms with Gasteiger partial charge in [-0.15, -0.1) is 0 Å². The summed E-state index contributed by atoms with van der Waals surface area (Å²) in [5, 5.41) is 9.76. The third kappa shape index (κ3) is 5.15. The number of aromatic nitrogens is 4. The zero-order valence-electron chi connectivity index (χ0n) is 19.7.